The van der Waals surface area contributed by atoms with Gasteiger partial charge in [0.2, 0.25) is 0 Å². The standard InChI is InChI=1S/C47H47NO3/c1-31-7-11-34(12-8-31)47(35-13-15-36(16-14-35)50-28-27-48-49)22-19-39-43-42(37-17-9-32(2)29-40(37)44(39)51-47)38-18-10-33(3)30-41(38)46(43)25-23-45(24-26-46)20-5-4-6-21-45/h7-19,22,29-30H,4-6,20-21,23-28H2,1-3H3. The lowest BCUT2D eigenvalue weighted by atomic mass is 9.56. The van der Waals surface area contributed by atoms with Crippen molar-refractivity contribution in [1.29, 1.82) is 0 Å². The number of aryl methyl sites for hydroxylation is 3. The number of hydrogen-bond acceptors (Lipinski definition) is 4. The van der Waals surface area contributed by atoms with Gasteiger partial charge in [0.05, 0.1) is 0 Å². The lowest BCUT2D eigenvalue weighted by Crippen LogP contribution is -2.39. The Morgan fingerprint density at radius 1 is 0.706 bits per heavy atom. The Labute approximate surface area is 301 Å². The molecule has 1 aliphatic heterocycles. The highest BCUT2D eigenvalue weighted by Gasteiger charge is 2.52. The summed E-state index contributed by atoms with van der Waals surface area (Å²) < 4.78 is 13.5. The van der Waals surface area contributed by atoms with Crippen molar-refractivity contribution < 1.29 is 9.47 Å². The van der Waals surface area contributed by atoms with Crippen LogP contribution in [-0.2, 0) is 11.0 Å². The van der Waals surface area contributed by atoms with Gasteiger partial charge in [-0.15, -0.1) is 0 Å². The summed E-state index contributed by atoms with van der Waals surface area (Å²) in [4.78, 5) is 10.7. The molecule has 5 aromatic carbocycles. The molecule has 0 bridgehead atoms. The molecule has 1 unspecified atom stereocenters. The second kappa shape index (κ2) is 12.2. The Morgan fingerprint density at radius 2 is 1.37 bits per heavy atom. The molecule has 1 atom stereocenters. The zero-order chi connectivity index (χ0) is 34.8. The molecular weight excluding hydrogens is 627 g/mol. The maximum atomic E-state index is 10.7. The second-order valence-electron chi connectivity index (χ2n) is 16.0. The number of nitrogens with zero attached hydrogens (tertiary/aromatic N) is 1. The van der Waals surface area contributed by atoms with Gasteiger partial charge >= 0.3 is 0 Å². The Morgan fingerprint density at radius 3 is 2.10 bits per heavy atom. The number of ether oxygens (including phenoxy) is 2. The van der Waals surface area contributed by atoms with E-state index in [0.29, 0.717) is 11.2 Å². The van der Waals surface area contributed by atoms with E-state index in [4.69, 9.17) is 9.47 Å². The molecule has 2 saturated carbocycles. The first-order valence-corrected chi connectivity index (χ1v) is 19.1. The minimum Gasteiger partial charge on any atom is -0.492 e. The second-order valence-corrected chi connectivity index (χ2v) is 16.0. The molecule has 2 spiro atoms. The van der Waals surface area contributed by atoms with Crippen LogP contribution in [-0.4, -0.2) is 13.2 Å². The number of rotatable bonds is 6. The molecule has 3 aliphatic carbocycles. The lowest BCUT2D eigenvalue weighted by Gasteiger charge is -2.49. The largest absolute Gasteiger partial charge is 0.492 e. The van der Waals surface area contributed by atoms with E-state index >= 15 is 0 Å². The molecule has 0 amide bonds. The van der Waals surface area contributed by atoms with Crippen LogP contribution in [0, 0.1) is 31.1 Å². The molecule has 2 fully saturated rings. The monoisotopic (exact) mass is 673 g/mol. The molecule has 4 aliphatic rings. The summed E-state index contributed by atoms with van der Waals surface area (Å²) in [5, 5.41) is 5.41. The molecule has 4 heteroatoms. The topological polar surface area (TPSA) is 47.9 Å². The SMILES string of the molecule is Cc1ccc(C2(c3ccc(OCCN=O)cc3)C=Cc3c4c(c5ccc(C)cc5c3O2)-c2ccc(C)cc2C42CCC3(CCCCC3)CC2)cc1. The summed E-state index contributed by atoms with van der Waals surface area (Å²) in [5.74, 6) is 1.69. The molecule has 51 heavy (non-hydrogen) atoms. The van der Waals surface area contributed by atoms with Gasteiger partial charge in [0, 0.05) is 27.5 Å². The van der Waals surface area contributed by atoms with Crippen LogP contribution in [0.4, 0.5) is 0 Å². The van der Waals surface area contributed by atoms with Crippen molar-refractivity contribution in [3.63, 3.8) is 0 Å². The number of nitroso groups, excluding NO2 is 1. The number of hydrogen-bond donors (Lipinski definition) is 0. The van der Waals surface area contributed by atoms with Crippen LogP contribution >= 0.6 is 0 Å². The van der Waals surface area contributed by atoms with Crippen molar-refractivity contribution >= 4 is 16.8 Å². The van der Waals surface area contributed by atoms with Crippen molar-refractivity contribution in [3.8, 4) is 22.6 Å². The van der Waals surface area contributed by atoms with Gasteiger partial charge in [-0.05, 0) is 117 Å². The van der Waals surface area contributed by atoms with Crippen LogP contribution in [0.5, 0.6) is 11.5 Å². The van der Waals surface area contributed by atoms with Crippen molar-refractivity contribution in [2.45, 2.75) is 89.6 Å². The molecule has 1 heterocycles. The van der Waals surface area contributed by atoms with Crippen LogP contribution in [0.15, 0.2) is 96.2 Å². The maximum absolute atomic E-state index is 10.7. The van der Waals surface area contributed by atoms with E-state index in [-0.39, 0.29) is 18.6 Å². The summed E-state index contributed by atoms with van der Waals surface area (Å²) in [5.41, 5.74) is 12.6. The Kier molecular flexibility index (Phi) is 7.72. The van der Waals surface area contributed by atoms with E-state index in [2.05, 4.69) is 111 Å². The smallest absolute Gasteiger partial charge is 0.178 e. The number of benzene rings is 5. The van der Waals surface area contributed by atoms with Gasteiger partial charge in [0.15, 0.2) is 5.60 Å². The first-order chi connectivity index (χ1) is 24.8. The molecule has 9 rings (SSSR count). The predicted molar refractivity (Wildman–Crippen MR) is 208 cm³/mol. The van der Waals surface area contributed by atoms with Crippen LogP contribution in [0.25, 0.3) is 28.0 Å². The summed E-state index contributed by atoms with van der Waals surface area (Å²) in [6, 6.07) is 31.1. The normalized spacial score (nSPS) is 20.8. The molecule has 5 aromatic rings. The fourth-order valence-electron chi connectivity index (χ4n) is 10.2. The van der Waals surface area contributed by atoms with Crippen molar-refractivity contribution in [2.24, 2.45) is 10.6 Å². The summed E-state index contributed by atoms with van der Waals surface area (Å²) in [6.45, 7) is 6.96. The third kappa shape index (κ3) is 5.08. The molecule has 258 valence electrons. The average molecular weight is 674 g/mol. The van der Waals surface area contributed by atoms with Gasteiger partial charge in [-0.3, -0.25) is 0 Å². The molecule has 0 radical (unpaired) electrons. The van der Waals surface area contributed by atoms with Crippen molar-refractivity contribution in [1.82, 2.24) is 0 Å². The molecule has 0 saturated heterocycles. The summed E-state index contributed by atoms with van der Waals surface area (Å²) >= 11 is 0. The van der Waals surface area contributed by atoms with Gasteiger partial charge in [-0.25, -0.2) is 0 Å². The minimum absolute atomic E-state index is 0.0323. The van der Waals surface area contributed by atoms with Crippen LogP contribution in [0.2, 0.25) is 0 Å². The van der Waals surface area contributed by atoms with Crippen molar-refractivity contribution in [3.05, 3.63) is 140 Å². The molecule has 4 nitrogen and oxygen atoms in total. The number of fused-ring (bicyclic) bond motifs is 10. The van der Waals surface area contributed by atoms with E-state index in [1.165, 1.54) is 113 Å². The van der Waals surface area contributed by atoms with Gasteiger partial charge in [-0.2, -0.15) is 4.91 Å². The average Bonchev–Trinajstić information content (AvgIpc) is 3.43. The van der Waals surface area contributed by atoms with Crippen LogP contribution in [0.3, 0.4) is 0 Å². The fourth-order valence-corrected chi connectivity index (χ4v) is 10.2. The minimum atomic E-state index is -0.845. The van der Waals surface area contributed by atoms with E-state index < -0.39 is 5.60 Å². The lowest BCUT2D eigenvalue weighted by molar-refractivity contribution is 0.0947. The highest BCUT2D eigenvalue weighted by Crippen LogP contribution is 2.65. The predicted octanol–water partition coefficient (Wildman–Crippen LogP) is 12.1. The van der Waals surface area contributed by atoms with Gasteiger partial charge in [0.1, 0.15) is 24.7 Å². The Bertz CT molecular complexity index is 2180. The quantitative estimate of drug-likeness (QED) is 0.133. The fraction of sp³-hybridized carbons (Fsp3) is 0.362. The zero-order valence-electron chi connectivity index (χ0n) is 30.2. The third-order valence-corrected chi connectivity index (χ3v) is 12.9. The molecular formula is C47H47NO3. The molecule has 0 aromatic heterocycles. The van der Waals surface area contributed by atoms with Gasteiger partial charge in [0.25, 0.3) is 0 Å². The Balaban J connectivity index is 1.26. The van der Waals surface area contributed by atoms with E-state index in [1.807, 2.05) is 12.1 Å². The third-order valence-electron chi connectivity index (χ3n) is 12.9. The maximum Gasteiger partial charge on any atom is 0.178 e. The van der Waals surface area contributed by atoms with E-state index in [0.717, 1.165) is 16.9 Å². The Hall–Kier alpha value is -4.70. The summed E-state index contributed by atoms with van der Waals surface area (Å²) in [6.07, 6.45) is 16.7. The van der Waals surface area contributed by atoms with Gasteiger partial charge < -0.3 is 9.47 Å². The molecule has 0 N–H and O–H groups in total. The zero-order valence-corrected chi connectivity index (χ0v) is 30.2. The van der Waals surface area contributed by atoms with E-state index in [9.17, 15) is 4.91 Å². The van der Waals surface area contributed by atoms with Crippen molar-refractivity contribution in [2.75, 3.05) is 13.2 Å². The van der Waals surface area contributed by atoms with Gasteiger partial charge in [-0.1, -0.05) is 114 Å². The van der Waals surface area contributed by atoms with Crippen LogP contribution in [0.1, 0.15) is 102 Å². The highest BCUT2D eigenvalue weighted by atomic mass is 16.5. The first-order valence-electron chi connectivity index (χ1n) is 19.1. The highest BCUT2D eigenvalue weighted by molar-refractivity contribution is 6.09. The van der Waals surface area contributed by atoms with Crippen LogP contribution < -0.4 is 9.47 Å². The first kappa shape index (κ1) is 32.2. The summed E-state index contributed by atoms with van der Waals surface area (Å²) in [7, 11) is 0. The van der Waals surface area contributed by atoms with E-state index in [1.54, 1.807) is 0 Å².